The largest absolute Gasteiger partial charge is 0.368 e. The van der Waals surface area contributed by atoms with E-state index in [0.717, 1.165) is 5.56 Å². The number of benzene rings is 1. The Morgan fingerprint density at radius 3 is 2.33 bits per heavy atom. The number of rotatable bonds is 8. The summed E-state index contributed by atoms with van der Waals surface area (Å²) in [6.45, 7) is 5.81. The first-order valence-corrected chi connectivity index (χ1v) is 8.51. The molecule has 0 unspecified atom stereocenters. The Bertz CT molecular complexity index is 889. The summed E-state index contributed by atoms with van der Waals surface area (Å²) >= 11 is 0. The van der Waals surface area contributed by atoms with E-state index in [1.165, 1.54) is 0 Å². The predicted molar refractivity (Wildman–Crippen MR) is 104 cm³/mol. The number of primary amides is 2. The zero-order chi connectivity index (χ0) is 20.1. The summed E-state index contributed by atoms with van der Waals surface area (Å²) in [6, 6.07) is 6.57. The van der Waals surface area contributed by atoms with E-state index in [4.69, 9.17) is 11.5 Å². The van der Waals surface area contributed by atoms with Crippen molar-refractivity contribution >= 4 is 29.3 Å². The molecule has 2 amide bonds. The van der Waals surface area contributed by atoms with Crippen molar-refractivity contribution < 1.29 is 9.59 Å². The molecule has 2 rings (SSSR count). The van der Waals surface area contributed by atoms with E-state index >= 15 is 0 Å². The maximum Gasteiger partial charge on any atom is 0.267 e. The van der Waals surface area contributed by atoms with E-state index in [0.29, 0.717) is 12.1 Å². The average Bonchev–Trinajstić information content (AvgIpc) is 2.55. The van der Waals surface area contributed by atoms with Gasteiger partial charge in [-0.1, -0.05) is 31.5 Å². The van der Waals surface area contributed by atoms with Crippen molar-refractivity contribution in [3.8, 4) is 0 Å². The molecular weight excluding hydrogens is 348 g/mol. The number of nitrogens with zero attached hydrogens (tertiary/aromatic N) is 1. The number of anilines is 3. The number of nitrogens with one attached hydrogen (secondary N) is 3. The van der Waals surface area contributed by atoms with E-state index in [9.17, 15) is 14.4 Å². The lowest BCUT2D eigenvalue weighted by Gasteiger charge is -2.18. The Hall–Kier alpha value is -3.36. The third-order valence-electron chi connectivity index (χ3n) is 3.84. The van der Waals surface area contributed by atoms with Gasteiger partial charge >= 0.3 is 0 Å². The lowest BCUT2D eigenvalue weighted by Crippen LogP contribution is -2.38. The normalized spacial score (nSPS) is 11.9. The smallest absolute Gasteiger partial charge is 0.267 e. The molecule has 1 aromatic carbocycles. The fourth-order valence-corrected chi connectivity index (χ4v) is 2.52. The summed E-state index contributed by atoms with van der Waals surface area (Å²) in [7, 11) is 0. The van der Waals surface area contributed by atoms with Crippen molar-refractivity contribution in [2.24, 2.45) is 17.4 Å². The number of amides is 2. The molecule has 0 saturated heterocycles. The van der Waals surface area contributed by atoms with Crippen LogP contribution in [0.1, 0.15) is 36.2 Å². The number of hydrogen-bond donors (Lipinski definition) is 5. The van der Waals surface area contributed by atoms with Gasteiger partial charge in [0.25, 0.3) is 11.5 Å². The molecule has 27 heavy (non-hydrogen) atoms. The quantitative estimate of drug-likeness (QED) is 0.469. The molecule has 0 aliphatic heterocycles. The summed E-state index contributed by atoms with van der Waals surface area (Å²) in [5, 5.41) is 5.74. The molecule has 0 saturated carbocycles. The maximum atomic E-state index is 12.3. The third-order valence-corrected chi connectivity index (χ3v) is 3.84. The minimum atomic E-state index is -0.918. The lowest BCUT2D eigenvalue weighted by atomic mass is 10.0. The Balaban J connectivity index is 2.41. The van der Waals surface area contributed by atoms with E-state index in [2.05, 4.69) is 20.6 Å². The number of H-pyrrole nitrogens is 1. The van der Waals surface area contributed by atoms with Crippen LogP contribution in [0.5, 0.6) is 0 Å². The fraction of sp³-hybridized carbons (Fsp3) is 0.333. The van der Waals surface area contributed by atoms with Crippen molar-refractivity contribution in [2.45, 2.75) is 33.2 Å². The van der Waals surface area contributed by atoms with Gasteiger partial charge in [0.2, 0.25) is 11.9 Å². The summed E-state index contributed by atoms with van der Waals surface area (Å²) in [5.41, 5.74) is 11.4. The van der Waals surface area contributed by atoms with Crippen LogP contribution in [-0.2, 0) is 4.79 Å². The standard InChI is InChI=1S/C18H24N6O3/c1-9(2)8-12(14(19)25)22-18-23-16(13(15(20)26)17(27)24-18)21-11-6-4-10(3)5-7-11/h4-7,9,12H,8H2,1-3H3,(H2,19,25)(H2,20,26)(H3,21,22,23,24,27)/t12-/m1/s1. The first kappa shape index (κ1) is 20.0. The fourth-order valence-electron chi connectivity index (χ4n) is 2.52. The second-order valence-corrected chi connectivity index (χ2v) is 6.72. The van der Waals surface area contributed by atoms with Crippen molar-refractivity contribution in [3.63, 3.8) is 0 Å². The van der Waals surface area contributed by atoms with Crippen LogP contribution in [0, 0.1) is 12.8 Å². The van der Waals surface area contributed by atoms with E-state index in [-0.39, 0.29) is 23.2 Å². The number of aryl methyl sites for hydroxylation is 1. The van der Waals surface area contributed by atoms with Gasteiger partial charge in [-0.25, -0.2) is 0 Å². The zero-order valence-electron chi connectivity index (χ0n) is 15.5. The molecule has 1 atom stereocenters. The van der Waals surface area contributed by atoms with Crippen LogP contribution in [0.4, 0.5) is 17.5 Å². The highest BCUT2D eigenvalue weighted by molar-refractivity contribution is 5.98. The highest BCUT2D eigenvalue weighted by Gasteiger charge is 2.21. The molecule has 1 heterocycles. The predicted octanol–water partition coefficient (Wildman–Crippen LogP) is 1.23. The second-order valence-electron chi connectivity index (χ2n) is 6.72. The van der Waals surface area contributed by atoms with Gasteiger partial charge in [-0.15, -0.1) is 0 Å². The van der Waals surface area contributed by atoms with Crippen LogP contribution in [0.25, 0.3) is 0 Å². The molecular formula is C18H24N6O3. The summed E-state index contributed by atoms with van der Waals surface area (Å²) in [4.78, 5) is 42.3. The van der Waals surface area contributed by atoms with Gasteiger partial charge in [-0.3, -0.25) is 19.4 Å². The minimum absolute atomic E-state index is 0.00892. The SMILES string of the molecule is Cc1ccc(Nc2nc(N[C@H](CC(C)C)C(N)=O)[nH]c(=O)c2C(N)=O)cc1. The average molecular weight is 372 g/mol. The van der Waals surface area contributed by atoms with Crippen LogP contribution in [-0.4, -0.2) is 27.8 Å². The number of carbonyl (C=O) groups is 2. The van der Waals surface area contributed by atoms with E-state index < -0.39 is 23.4 Å². The van der Waals surface area contributed by atoms with Crippen molar-refractivity contribution in [1.82, 2.24) is 9.97 Å². The highest BCUT2D eigenvalue weighted by Crippen LogP contribution is 2.19. The molecule has 0 radical (unpaired) electrons. The van der Waals surface area contributed by atoms with Crippen LogP contribution in [0.15, 0.2) is 29.1 Å². The molecule has 1 aromatic heterocycles. The zero-order valence-corrected chi connectivity index (χ0v) is 15.5. The van der Waals surface area contributed by atoms with Gasteiger partial charge < -0.3 is 22.1 Å². The molecule has 7 N–H and O–H groups in total. The molecule has 9 heteroatoms. The van der Waals surface area contributed by atoms with Crippen LogP contribution >= 0.6 is 0 Å². The van der Waals surface area contributed by atoms with Gasteiger partial charge in [0, 0.05) is 5.69 Å². The first-order valence-electron chi connectivity index (χ1n) is 8.51. The molecule has 2 aromatic rings. The molecule has 144 valence electrons. The Labute approximate surface area is 156 Å². The molecule has 0 spiro atoms. The van der Waals surface area contributed by atoms with Gasteiger partial charge in [-0.2, -0.15) is 4.98 Å². The summed E-state index contributed by atoms with van der Waals surface area (Å²) in [5.74, 6) is -1.29. The Kier molecular flexibility index (Phi) is 6.17. The monoisotopic (exact) mass is 372 g/mol. The van der Waals surface area contributed by atoms with Crippen molar-refractivity contribution in [2.75, 3.05) is 10.6 Å². The maximum absolute atomic E-state index is 12.3. The van der Waals surface area contributed by atoms with E-state index in [1.54, 1.807) is 12.1 Å². The number of carbonyl (C=O) groups excluding carboxylic acids is 2. The van der Waals surface area contributed by atoms with Gasteiger partial charge in [-0.05, 0) is 31.4 Å². The van der Waals surface area contributed by atoms with Crippen LogP contribution in [0.3, 0.4) is 0 Å². The summed E-state index contributed by atoms with van der Waals surface area (Å²) in [6.07, 6.45) is 0.456. The molecule has 0 aliphatic rings. The molecule has 0 aliphatic carbocycles. The number of aromatic amines is 1. The van der Waals surface area contributed by atoms with Crippen LogP contribution in [0.2, 0.25) is 0 Å². The number of nitrogens with two attached hydrogens (primary N) is 2. The van der Waals surface area contributed by atoms with E-state index in [1.807, 2.05) is 32.9 Å². The van der Waals surface area contributed by atoms with Gasteiger partial charge in [0.15, 0.2) is 5.82 Å². The van der Waals surface area contributed by atoms with Crippen LogP contribution < -0.4 is 27.7 Å². The van der Waals surface area contributed by atoms with Gasteiger partial charge in [0.1, 0.15) is 11.6 Å². The second kappa shape index (κ2) is 8.35. The first-order chi connectivity index (χ1) is 12.7. The Morgan fingerprint density at radius 1 is 1.19 bits per heavy atom. The minimum Gasteiger partial charge on any atom is -0.368 e. The van der Waals surface area contributed by atoms with Crippen molar-refractivity contribution in [3.05, 3.63) is 45.7 Å². The Morgan fingerprint density at radius 2 is 1.81 bits per heavy atom. The highest BCUT2D eigenvalue weighted by atomic mass is 16.2. The topological polar surface area (TPSA) is 156 Å². The lowest BCUT2D eigenvalue weighted by molar-refractivity contribution is -0.119. The molecule has 9 nitrogen and oxygen atoms in total. The molecule has 0 fully saturated rings. The molecule has 0 bridgehead atoms. The number of hydrogen-bond acceptors (Lipinski definition) is 6. The third kappa shape index (κ3) is 5.30. The van der Waals surface area contributed by atoms with Crippen molar-refractivity contribution in [1.29, 1.82) is 0 Å². The van der Waals surface area contributed by atoms with Gasteiger partial charge in [0.05, 0.1) is 0 Å². The summed E-state index contributed by atoms with van der Waals surface area (Å²) < 4.78 is 0. The number of aromatic nitrogens is 2.